The van der Waals surface area contributed by atoms with E-state index in [9.17, 15) is 19.7 Å². The molecular formula is C20H20N4O7S. The first-order chi connectivity index (χ1) is 15.3. The lowest BCUT2D eigenvalue weighted by Gasteiger charge is -2.28. The Balaban J connectivity index is 1.76. The monoisotopic (exact) mass is 460 g/mol. The van der Waals surface area contributed by atoms with Crippen LogP contribution < -0.4 is 20.3 Å². The minimum atomic E-state index is -1.14. The van der Waals surface area contributed by atoms with Gasteiger partial charge < -0.3 is 24.8 Å². The van der Waals surface area contributed by atoms with Crippen LogP contribution in [0.5, 0.6) is 5.75 Å². The van der Waals surface area contributed by atoms with Crippen molar-refractivity contribution in [3.05, 3.63) is 57.6 Å². The number of benzene rings is 2. The molecule has 11 nitrogen and oxygen atoms in total. The van der Waals surface area contributed by atoms with Crippen molar-refractivity contribution < 1.29 is 29.1 Å². The fourth-order valence-electron chi connectivity index (χ4n) is 3.15. The van der Waals surface area contributed by atoms with Gasteiger partial charge in [-0.25, -0.2) is 4.79 Å². The van der Waals surface area contributed by atoms with Crippen LogP contribution in [0.1, 0.15) is 20.7 Å². The third-order valence-corrected chi connectivity index (χ3v) is 4.91. The van der Waals surface area contributed by atoms with Crippen molar-refractivity contribution in [1.29, 1.82) is 0 Å². The van der Waals surface area contributed by atoms with Gasteiger partial charge in [0.05, 0.1) is 36.5 Å². The maximum atomic E-state index is 12.6. The normalized spacial score (nSPS) is 13.2. The van der Waals surface area contributed by atoms with Crippen LogP contribution in [-0.4, -0.2) is 60.4 Å². The first-order valence-corrected chi connectivity index (χ1v) is 9.85. The van der Waals surface area contributed by atoms with Crippen LogP contribution >= 0.6 is 12.2 Å². The molecule has 1 aliphatic heterocycles. The highest BCUT2D eigenvalue weighted by Gasteiger charge is 2.23. The number of anilines is 2. The molecule has 32 heavy (non-hydrogen) atoms. The molecule has 1 aliphatic rings. The second-order valence-electron chi connectivity index (χ2n) is 6.69. The van der Waals surface area contributed by atoms with E-state index < -0.39 is 16.8 Å². The van der Waals surface area contributed by atoms with Gasteiger partial charge in [0.1, 0.15) is 11.4 Å². The molecule has 168 valence electrons. The number of nitrogens with one attached hydrogen (secondary N) is 2. The van der Waals surface area contributed by atoms with Gasteiger partial charge >= 0.3 is 5.97 Å². The maximum absolute atomic E-state index is 12.6. The molecule has 0 bridgehead atoms. The highest BCUT2D eigenvalue weighted by molar-refractivity contribution is 7.80. The largest absolute Gasteiger partial charge is 0.495 e. The number of carboxylic acid groups (broad SMARTS) is 1. The first-order valence-electron chi connectivity index (χ1n) is 9.45. The number of thiocarbonyl (C=S) groups is 1. The lowest BCUT2D eigenvalue weighted by molar-refractivity contribution is -0.384. The van der Waals surface area contributed by atoms with Crippen molar-refractivity contribution in [2.45, 2.75) is 0 Å². The lowest BCUT2D eigenvalue weighted by Crippen LogP contribution is -2.37. The summed E-state index contributed by atoms with van der Waals surface area (Å²) in [5.74, 6) is -1.48. The van der Waals surface area contributed by atoms with Gasteiger partial charge in [-0.2, -0.15) is 0 Å². The number of nitro groups is 1. The number of amides is 1. The van der Waals surface area contributed by atoms with Gasteiger partial charge in [-0.05, 0) is 42.5 Å². The highest BCUT2D eigenvalue weighted by atomic mass is 32.1. The zero-order chi connectivity index (χ0) is 23.3. The van der Waals surface area contributed by atoms with E-state index in [1.165, 1.54) is 43.5 Å². The summed E-state index contributed by atoms with van der Waals surface area (Å²) < 4.78 is 10.4. The molecule has 0 aromatic heterocycles. The van der Waals surface area contributed by atoms with Crippen LogP contribution in [-0.2, 0) is 4.74 Å². The predicted molar refractivity (Wildman–Crippen MR) is 120 cm³/mol. The quantitative estimate of drug-likeness (QED) is 0.334. The summed E-state index contributed by atoms with van der Waals surface area (Å²) in [7, 11) is 1.40. The van der Waals surface area contributed by atoms with Crippen LogP contribution in [0.25, 0.3) is 0 Å². The Morgan fingerprint density at radius 1 is 1.19 bits per heavy atom. The Morgan fingerprint density at radius 2 is 1.88 bits per heavy atom. The lowest BCUT2D eigenvalue weighted by atomic mass is 10.1. The van der Waals surface area contributed by atoms with Crippen molar-refractivity contribution in [2.24, 2.45) is 0 Å². The second-order valence-corrected chi connectivity index (χ2v) is 7.10. The first kappa shape index (κ1) is 22.9. The number of carbonyl (C=O) groups is 2. The molecule has 0 atom stereocenters. The molecule has 0 saturated carbocycles. The van der Waals surface area contributed by atoms with Crippen molar-refractivity contribution >= 4 is 46.3 Å². The van der Waals surface area contributed by atoms with E-state index in [1.807, 2.05) is 4.90 Å². The van der Waals surface area contributed by atoms with Crippen LogP contribution in [0, 0.1) is 10.1 Å². The van der Waals surface area contributed by atoms with Gasteiger partial charge in [0.15, 0.2) is 5.11 Å². The smallest absolute Gasteiger partial charge is 0.335 e. The SMILES string of the molecule is COc1ccc(C(=O)O)cc1NC(=S)NC(=O)c1ccc(N2CCOCC2)c([N+](=O)[O-])c1. The number of nitrogens with zero attached hydrogens (tertiary/aromatic N) is 2. The summed E-state index contributed by atoms with van der Waals surface area (Å²) in [5.41, 5.74) is 0.493. The van der Waals surface area contributed by atoms with E-state index in [2.05, 4.69) is 10.6 Å². The molecule has 3 N–H and O–H groups in total. The van der Waals surface area contributed by atoms with Crippen molar-refractivity contribution in [3.63, 3.8) is 0 Å². The standard InChI is InChI=1S/C20H20N4O7S/c1-30-17-5-3-13(19(26)27)10-14(17)21-20(32)22-18(25)12-2-4-15(16(11-12)24(28)29)23-6-8-31-9-7-23/h2-5,10-11H,6-9H2,1H3,(H,26,27)(H2,21,22,25,32). The molecule has 0 radical (unpaired) electrons. The number of carbonyl (C=O) groups excluding carboxylic acids is 1. The number of morpholine rings is 1. The summed E-state index contributed by atoms with van der Waals surface area (Å²) >= 11 is 5.14. The Hall–Kier alpha value is -3.77. The molecule has 1 fully saturated rings. The van der Waals surface area contributed by atoms with E-state index >= 15 is 0 Å². The van der Waals surface area contributed by atoms with Crippen LogP contribution in [0.2, 0.25) is 0 Å². The van der Waals surface area contributed by atoms with Crippen LogP contribution in [0.15, 0.2) is 36.4 Å². The number of aromatic carboxylic acids is 1. The van der Waals surface area contributed by atoms with Crippen molar-refractivity contribution in [3.8, 4) is 5.75 Å². The number of methoxy groups -OCH3 is 1. The van der Waals surface area contributed by atoms with E-state index in [4.69, 9.17) is 26.8 Å². The van der Waals surface area contributed by atoms with Gasteiger partial charge in [0.2, 0.25) is 0 Å². The van der Waals surface area contributed by atoms with E-state index in [0.717, 1.165) is 0 Å². The zero-order valence-electron chi connectivity index (χ0n) is 17.0. The van der Waals surface area contributed by atoms with Crippen LogP contribution in [0.4, 0.5) is 17.1 Å². The van der Waals surface area contributed by atoms with Gasteiger partial charge in [0.25, 0.3) is 11.6 Å². The predicted octanol–water partition coefficient (Wildman–Crippen LogP) is 2.26. The number of rotatable bonds is 6. The zero-order valence-corrected chi connectivity index (χ0v) is 17.8. The molecule has 3 rings (SSSR count). The number of nitro benzene ring substituents is 1. The number of carboxylic acids is 1. The Morgan fingerprint density at radius 3 is 2.50 bits per heavy atom. The summed E-state index contributed by atoms with van der Waals surface area (Å²) in [6, 6.07) is 8.30. The van der Waals surface area contributed by atoms with Gasteiger partial charge in [-0.15, -0.1) is 0 Å². The molecule has 2 aromatic rings. The van der Waals surface area contributed by atoms with Gasteiger partial charge in [-0.3, -0.25) is 20.2 Å². The number of hydrogen-bond acceptors (Lipinski definition) is 8. The molecule has 1 heterocycles. The van der Waals surface area contributed by atoms with Gasteiger partial charge in [0, 0.05) is 24.7 Å². The topological polar surface area (TPSA) is 143 Å². The van der Waals surface area contributed by atoms with Crippen molar-refractivity contribution in [2.75, 3.05) is 43.6 Å². The minimum Gasteiger partial charge on any atom is -0.495 e. The molecule has 12 heteroatoms. The fraction of sp³-hybridized carbons (Fsp3) is 0.250. The van der Waals surface area contributed by atoms with E-state index in [1.54, 1.807) is 0 Å². The highest BCUT2D eigenvalue weighted by Crippen LogP contribution is 2.30. The Bertz CT molecular complexity index is 1070. The Labute approximate surface area is 188 Å². The summed E-state index contributed by atoms with van der Waals surface area (Å²) in [5, 5.41) is 25.7. The molecular weight excluding hydrogens is 440 g/mol. The minimum absolute atomic E-state index is 0.00301. The molecule has 2 aromatic carbocycles. The molecule has 0 unspecified atom stereocenters. The van der Waals surface area contributed by atoms with E-state index in [0.29, 0.717) is 37.7 Å². The average molecular weight is 460 g/mol. The average Bonchev–Trinajstić information content (AvgIpc) is 2.79. The van der Waals surface area contributed by atoms with Crippen molar-refractivity contribution in [1.82, 2.24) is 5.32 Å². The second kappa shape index (κ2) is 10.0. The number of hydrogen-bond donors (Lipinski definition) is 3. The summed E-state index contributed by atoms with van der Waals surface area (Å²) in [6.45, 7) is 1.95. The van der Waals surface area contributed by atoms with E-state index in [-0.39, 0.29) is 27.6 Å². The Kier molecular flexibility index (Phi) is 7.18. The van der Waals surface area contributed by atoms with Crippen LogP contribution in [0.3, 0.4) is 0 Å². The van der Waals surface area contributed by atoms with Gasteiger partial charge in [-0.1, -0.05) is 0 Å². The maximum Gasteiger partial charge on any atom is 0.335 e. The summed E-state index contributed by atoms with van der Waals surface area (Å²) in [6.07, 6.45) is 0. The molecule has 1 amide bonds. The summed E-state index contributed by atoms with van der Waals surface area (Å²) in [4.78, 5) is 36.7. The molecule has 0 spiro atoms. The fourth-order valence-corrected chi connectivity index (χ4v) is 3.35. The third kappa shape index (κ3) is 5.28. The third-order valence-electron chi connectivity index (χ3n) is 4.71. The molecule has 1 saturated heterocycles. The number of ether oxygens (including phenoxy) is 2. The molecule has 0 aliphatic carbocycles.